The van der Waals surface area contributed by atoms with Crippen molar-refractivity contribution < 1.29 is 27.7 Å². The largest absolute Gasteiger partial charge is 0.364 e. The van der Waals surface area contributed by atoms with Crippen molar-refractivity contribution in [1.82, 2.24) is 24.4 Å². The predicted molar refractivity (Wildman–Crippen MR) is 147 cm³/mol. The SMILES string of the molecule is CC(=O)Cn1c(C(=O)NCc2ccon2)nc(NC(=O)c2nsc3ccc(F)cc23)c1[C@@H](C)c1cc(F)ccc1Cl. The Balaban J connectivity index is 1.61. The summed E-state index contributed by atoms with van der Waals surface area (Å²) in [6.07, 6.45) is 1.35. The number of rotatable bonds is 9. The quantitative estimate of drug-likeness (QED) is 0.234. The van der Waals surface area contributed by atoms with E-state index in [1.165, 1.54) is 54.2 Å². The van der Waals surface area contributed by atoms with Crippen LogP contribution in [0.25, 0.3) is 10.1 Å². The Bertz CT molecular complexity index is 1790. The molecule has 0 fully saturated rings. The van der Waals surface area contributed by atoms with E-state index in [1.54, 1.807) is 13.0 Å². The summed E-state index contributed by atoms with van der Waals surface area (Å²) in [6.45, 7) is 2.72. The number of nitrogens with zero attached hydrogens (tertiary/aromatic N) is 4. The molecule has 1 atom stereocenters. The van der Waals surface area contributed by atoms with Gasteiger partial charge in [0, 0.05) is 22.4 Å². The minimum atomic E-state index is -0.748. The number of hydrogen-bond acceptors (Lipinski definition) is 8. The van der Waals surface area contributed by atoms with Gasteiger partial charge in [-0.3, -0.25) is 14.4 Å². The van der Waals surface area contributed by atoms with Crippen molar-refractivity contribution in [2.24, 2.45) is 0 Å². The molecule has 0 saturated heterocycles. The van der Waals surface area contributed by atoms with Gasteiger partial charge >= 0.3 is 0 Å². The third kappa shape index (κ3) is 5.86. The number of imidazole rings is 1. The van der Waals surface area contributed by atoms with Gasteiger partial charge in [0.05, 0.1) is 23.5 Å². The maximum Gasteiger partial charge on any atom is 0.287 e. The van der Waals surface area contributed by atoms with Crippen molar-refractivity contribution in [3.8, 4) is 0 Å². The zero-order valence-electron chi connectivity index (χ0n) is 21.6. The number of carbonyl (C=O) groups excluding carboxylic acids is 3. The van der Waals surface area contributed by atoms with Crippen LogP contribution in [-0.2, 0) is 17.9 Å². The number of anilines is 1. The molecule has 41 heavy (non-hydrogen) atoms. The predicted octanol–water partition coefficient (Wildman–Crippen LogP) is 5.34. The maximum atomic E-state index is 14.3. The van der Waals surface area contributed by atoms with E-state index >= 15 is 0 Å². The molecular formula is C27H21ClF2N6O4S. The van der Waals surface area contributed by atoms with Gasteiger partial charge in [0.15, 0.2) is 5.82 Å². The van der Waals surface area contributed by atoms with Crippen LogP contribution in [0.2, 0.25) is 5.02 Å². The third-order valence-electron chi connectivity index (χ3n) is 6.23. The van der Waals surface area contributed by atoms with Gasteiger partial charge in [-0.05, 0) is 60.4 Å². The zero-order valence-corrected chi connectivity index (χ0v) is 23.1. The van der Waals surface area contributed by atoms with Gasteiger partial charge in [0.1, 0.15) is 35.1 Å². The maximum absolute atomic E-state index is 14.3. The molecule has 5 aromatic rings. The zero-order chi connectivity index (χ0) is 29.3. The van der Waals surface area contributed by atoms with Crippen molar-refractivity contribution in [3.63, 3.8) is 0 Å². The van der Waals surface area contributed by atoms with Gasteiger partial charge < -0.3 is 19.7 Å². The number of halogens is 3. The number of amides is 2. The van der Waals surface area contributed by atoms with E-state index in [1.807, 2.05) is 0 Å². The first-order valence-corrected chi connectivity index (χ1v) is 13.4. The second-order valence-electron chi connectivity index (χ2n) is 9.14. The summed E-state index contributed by atoms with van der Waals surface area (Å²) < 4.78 is 39.1. The highest BCUT2D eigenvalue weighted by Gasteiger charge is 2.30. The van der Waals surface area contributed by atoms with E-state index in [0.717, 1.165) is 11.5 Å². The van der Waals surface area contributed by atoms with Crippen LogP contribution < -0.4 is 10.6 Å². The van der Waals surface area contributed by atoms with Crippen molar-refractivity contribution in [1.29, 1.82) is 0 Å². The van der Waals surface area contributed by atoms with Crippen molar-refractivity contribution in [2.75, 3.05) is 5.32 Å². The van der Waals surface area contributed by atoms with Gasteiger partial charge in [-0.2, -0.15) is 4.37 Å². The molecule has 0 aliphatic rings. The molecule has 0 aliphatic heterocycles. The van der Waals surface area contributed by atoms with Gasteiger partial charge in [-0.25, -0.2) is 13.8 Å². The fraction of sp³-hybridized carbons (Fsp3) is 0.185. The molecule has 2 N–H and O–H groups in total. The summed E-state index contributed by atoms with van der Waals surface area (Å²) in [5, 5.41) is 9.59. The lowest BCUT2D eigenvalue weighted by Crippen LogP contribution is -2.28. The summed E-state index contributed by atoms with van der Waals surface area (Å²) in [6, 6.07) is 9.34. The second kappa shape index (κ2) is 11.6. The molecule has 0 spiro atoms. The number of nitrogens with one attached hydrogen (secondary N) is 2. The Morgan fingerprint density at radius 2 is 1.85 bits per heavy atom. The van der Waals surface area contributed by atoms with Crippen LogP contribution in [0, 0.1) is 11.6 Å². The number of benzene rings is 2. The van der Waals surface area contributed by atoms with Crippen molar-refractivity contribution in [3.05, 3.63) is 93.9 Å². The van der Waals surface area contributed by atoms with E-state index < -0.39 is 29.4 Å². The summed E-state index contributed by atoms with van der Waals surface area (Å²) in [7, 11) is 0. The molecule has 3 heterocycles. The summed E-state index contributed by atoms with van der Waals surface area (Å²) in [4.78, 5) is 43.5. The highest BCUT2D eigenvalue weighted by Crippen LogP contribution is 2.36. The molecule has 2 aromatic carbocycles. The topological polar surface area (TPSA) is 132 Å². The highest BCUT2D eigenvalue weighted by molar-refractivity contribution is 7.13. The summed E-state index contributed by atoms with van der Waals surface area (Å²) in [5.41, 5.74) is 0.949. The Hall–Kier alpha value is -4.49. The molecule has 5 rings (SSSR count). The molecule has 0 bridgehead atoms. The summed E-state index contributed by atoms with van der Waals surface area (Å²) in [5.74, 6) is -3.82. The van der Waals surface area contributed by atoms with Crippen LogP contribution in [0.5, 0.6) is 0 Å². The first kappa shape index (κ1) is 28.1. The average molecular weight is 599 g/mol. The molecule has 210 valence electrons. The molecule has 0 radical (unpaired) electrons. The molecule has 2 amide bonds. The van der Waals surface area contributed by atoms with Crippen LogP contribution in [0.15, 0.2) is 53.3 Å². The lowest BCUT2D eigenvalue weighted by molar-refractivity contribution is -0.117. The van der Waals surface area contributed by atoms with E-state index in [0.29, 0.717) is 21.3 Å². The highest BCUT2D eigenvalue weighted by atomic mass is 35.5. The third-order valence-corrected chi connectivity index (χ3v) is 7.40. The minimum Gasteiger partial charge on any atom is -0.364 e. The molecular weight excluding hydrogens is 578 g/mol. The number of hydrogen-bond donors (Lipinski definition) is 2. The minimum absolute atomic E-state index is 0.000938. The number of fused-ring (bicyclic) bond motifs is 1. The van der Waals surface area contributed by atoms with Crippen LogP contribution in [0.3, 0.4) is 0 Å². The molecule has 0 unspecified atom stereocenters. The summed E-state index contributed by atoms with van der Waals surface area (Å²) >= 11 is 7.42. The smallest absolute Gasteiger partial charge is 0.287 e. The van der Waals surface area contributed by atoms with Gasteiger partial charge in [0.2, 0.25) is 5.82 Å². The lowest BCUT2D eigenvalue weighted by Gasteiger charge is -2.19. The first-order valence-electron chi connectivity index (χ1n) is 12.2. The Labute approximate surface area is 240 Å². The van der Waals surface area contributed by atoms with E-state index in [4.69, 9.17) is 16.1 Å². The molecule has 3 aromatic heterocycles. The molecule has 10 nitrogen and oxygen atoms in total. The number of Topliss-reactive ketones (excluding diaryl/α,β-unsaturated/α-hetero) is 1. The fourth-order valence-corrected chi connectivity index (χ4v) is 5.40. The fourth-order valence-electron chi connectivity index (χ4n) is 4.37. The van der Waals surface area contributed by atoms with Crippen LogP contribution in [0.4, 0.5) is 14.6 Å². The number of aromatic nitrogens is 4. The molecule has 14 heteroatoms. The van der Waals surface area contributed by atoms with Gasteiger partial charge in [0.25, 0.3) is 11.8 Å². The number of carbonyl (C=O) groups is 3. The van der Waals surface area contributed by atoms with Crippen molar-refractivity contribution >= 4 is 56.6 Å². The lowest BCUT2D eigenvalue weighted by atomic mass is 9.96. The van der Waals surface area contributed by atoms with Gasteiger partial charge in [-0.15, -0.1) is 0 Å². The van der Waals surface area contributed by atoms with E-state index in [9.17, 15) is 23.2 Å². The second-order valence-corrected chi connectivity index (χ2v) is 10.4. The monoisotopic (exact) mass is 598 g/mol. The van der Waals surface area contributed by atoms with E-state index in [2.05, 4.69) is 25.1 Å². The van der Waals surface area contributed by atoms with Gasteiger partial charge in [-0.1, -0.05) is 23.7 Å². The number of ketones is 1. The Kier molecular flexibility index (Phi) is 7.90. The first-order chi connectivity index (χ1) is 19.6. The Morgan fingerprint density at radius 1 is 1.10 bits per heavy atom. The van der Waals surface area contributed by atoms with Crippen LogP contribution >= 0.6 is 23.1 Å². The van der Waals surface area contributed by atoms with Crippen LogP contribution in [0.1, 0.15) is 57.8 Å². The standard InChI is InChI=1S/C27H21ClF2N6O4S/c1-13(37)12-36-23(14(2)18-9-15(29)3-5-20(18)28)24(32-25(36)27(39)31-11-17-7-8-40-34-17)33-26(38)22-19-10-16(30)4-6-21(19)41-35-22/h3-10,14H,11-12H2,1-2H3,(H,31,39)(H,33,38)/t14-/m0/s1. The Morgan fingerprint density at radius 3 is 2.59 bits per heavy atom. The van der Waals surface area contributed by atoms with Crippen molar-refractivity contribution in [2.45, 2.75) is 32.9 Å². The molecule has 0 aliphatic carbocycles. The molecule has 0 saturated carbocycles. The average Bonchev–Trinajstić information content (AvgIpc) is 3.67. The van der Waals surface area contributed by atoms with E-state index in [-0.39, 0.29) is 46.9 Å². The normalized spacial score (nSPS) is 11.9. The van der Waals surface area contributed by atoms with Crippen LogP contribution in [-0.4, -0.2) is 36.7 Å².